The summed E-state index contributed by atoms with van der Waals surface area (Å²) >= 11 is 0. The topological polar surface area (TPSA) is 24.5 Å². The zero-order chi connectivity index (χ0) is 14.1. The van der Waals surface area contributed by atoms with E-state index in [1.54, 1.807) is 0 Å². The molecule has 2 aliphatic heterocycles. The number of rotatable bonds is 2. The molecule has 4 aliphatic rings. The normalized spacial score (nSPS) is 38.3. The lowest BCUT2D eigenvalue weighted by Crippen LogP contribution is -2.67. The van der Waals surface area contributed by atoms with E-state index in [1.807, 2.05) is 0 Å². The van der Waals surface area contributed by atoms with E-state index in [9.17, 15) is 0 Å². The Hall–Kier alpha value is -0.120. The van der Waals surface area contributed by atoms with Crippen LogP contribution in [0.3, 0.4) is 0 Å². The van der Waals surface area contributed by atoms with Gasteiger partial charge in [-0.05, 0) is 38.0 Å². The van der Waals surface area contributed by atoms with Crippen LogP contribution in [-0.4, -0.2) is 48.8 Å². The first kappa shape index (κ1) is 14.5. The summed E-state index contributed by atoms with van der Waals surface area (Å²) < 4.78 is 5.73. The Morgan fingerprint density at radius 1 is 0.952 bits per heavy atom. The lowest BCUT2D eigenvalue weighted by Gasteiger charge is -2.51. The highest BCUT2D eigenvalue weighted by Crippen LogP contribution is 2.38. The minimum Gasteiger partial charge on any atom is -0.380 e. The van der Waals surface area contributed by atoms with E-state index in [0.29, 0.717) is 11.6 Å². The summed E-state index contributed by atoms with van der Waals surface area (Å²) in [7, 11) is 0. The summed E-state index contributed by atoms with van der Waals surface area (Å²) in [4.78, 5) is 2.91. The molecule has 3 heteroatoms. The number of nitrogens with zero attached hydrogens (tertiary/aromatic N) is 1. The largest absolute Gasteiger partial charge is 0.380 e. The molecule has 0 radical (unpaired) electrons. The van der Waals surface area contributed by atoms with Gasteiger partial charge < -0.3 is 10.1 Å². The number of ether oxygens (including phenoxy) is 1. The van der Waals surface area contributed by atoms with Gasteiger partial charge in [0.25, 0.3) is 0 Å². The Bertz CT molecular complexity index is 341. The maximum absolute atomic E-state index is 5.73. The molecular formula is C18H32N2O. The van der Waals surface area contributed by atoms with Gasteiger partial charge in [-0.2, -0.15) is 0 Å². The molecule has 4 fully saturated rings. The van der Waals surface area contributed by atoms with Crippen LogP contribution < -0.4 is 5.32 Å². The molecule has 21 heavy (non-hydrogen) atoms. The summed E-state index contributed by atoms with van der Waals surface area (Å²) in [6.45, 7) is 4.50. The third kappa shape index (κ3) is 2.89. The van der Waals surface area contributed by atoms with Crippen molar-refractivity contribution in [1.82, 2.24) is 10.2 Å². The van der Waals surface area contributed by atoms with Crippen LogP contribution in [0.15, 0.2) is 0 Å². The second kappa shape index (κ2) is 6.17. The zero-order valence-electron chi connectivity index (χ0n) is 13.5. The fraction of sp³-hybridized carbons (Fsp3) is 1.00. The van der Waals surface area contributed by atoms with Crippen molar-refractivity contribution in [2.24, 2.45) is 5.92 Å². The molecule has 2 aliphatic carbocycles. The summed E-state index contributed by atoms with van der Waals surface area (Å²) in [6.07, 6.45) is 14.2. The van der Waals surface area contributed by atoms with Crippen molar-refractivity contribution in [3.8, 4) is 0 Å². The highest BCUT2D eigenvalue weighted by Gasteiger charge is 2.45. The molecule has 2 atom stereocenters. The quantitative estimate of drug-likeness (QED) is 0.847. The minimum atomic E-state index is 0.452. The Balaban J connectivity index is 1.51. The summed E-state index contributed by atoms with van der Waals surface area (Å²) in [5.41, 5.74) is 0.452. The van der Waals surface area contributed by atoms with Crippen molar-refractivity contribution in [1.29, 1.82) is 0 Å². The Labute approximate surface area is 129 Å². The predicted octanol–water partition coefficient (Wildman–Crippen LogP) is 2.94. The van der Waals surface area contributed by atoms with Gasteiger partial charge in [0, 0.05) is 37.3 Å². The number of hydrogen-bond donors (Lipinski definition) is 1. The van der Waals surface area contributed by atoms with Crippen LogP contribution in [0.4, 0.5) is 0 Å². The fourth-order valence-corrected chi connectivity index (χ4v) is 5.49. The molecule has 120 valence electrons. The van der Waals surface area contributed by atoms with Gasteiger partial charge in [0.2, 0.25) is 0 Å². The van der Waals surface area contributed by atoms with Crippen LogP contribution in [0.25, 0.3) is 0 Å². The summed E-state index contributed by atoms with van der Waals surface area (Å²) in [6, 6.07) is 1.49. The minimum absolute atomic E-state index is 0.452. The predicted molar refractivity (Wildman–Crippen MR) is 85.5 cm³/mol. The van der Waals surface area contributed by atoms with Crippen molar-refractivity contribution in [3.63, 3.8) is 0 Å². The average Bonchev–Trinajstić information content (AvgIpc) is 3.20. The molecular weight excluding hydrogens is 260 g/mol. The van der Waals surface area contributed by atoms with Crippen LogP contribution in [0.5, 0.6) is 0 Å². The molecule has 0 aromatic rings. The number of hydrogen-bond acceptors (Lipinski definition) is 3. The third-order valence-electron chi connectivity index (χ3n) is 6.73. The monoisotopic (exact) mass is 292 g/mol. The van der Waals surface area contributed by atoms with Crippen LogP contribution in [-0.2, 0) is 4.74 Å². The van der Waals surface area contributed by atoms with Crippen molar-refractivity contribution < 1.29 is 4.74 Å². The molecule has 0 amide bonds. The van der Waals surface area contributed by atoms with E-state index in [0.717, 1.165) is 25.2 Å². The maximum atomic E-state index is 5.73. The molecule has 2 saturated heterocycles. The Kier molecular flexibility index (Phi) is 4.25. The lowest BCUT2D eigenvalue weighted by atomic mass is 9.79. The molecule has 1 N–H and O–H groups in total. The Morgan fingerprint density at radius 2 is 1.76 bits per heavy atom. The molecule has 2 unspecified atom stereocenters. The van der Waals surface area contributed by atoms with E-state index in [4.69, 9.17) is 4.74 Å². The average molecular weight is 292 g/mol. The van der Waals surface area contributed by atoms with Gasteiger partial charge in [0.15, 0.2) is 0 Å². The number of piperazine rings is 1. The fourth-order valence-electron chi connectivity index (χ4n) is 5.49. The zero-order valence-corrected chi connectivity index (χ0v) is 13.5. The van der Waals surface area contributed by atoms with Gasteiger partial charge in [0.1, 0.15) is 0 Å². The van der Waals surface area contributed by atoms with Crippen molar-refractivity contribution in [3.05, 3.63) is 0 Å². The highest BCUT2D eigenvalue weighted by molar-refractivity contribution is 5.04. The SMILES string of the molecule is C1CCC(C2CNC3(CCCC3)CN2C2CCOC2)CC1. The third-order valence-corrected chi connectivity index (χ3v) is 6.73. The van der Waals surface area contributed by atoms with E-state index in [-0.39, 0.29) is 0 Å². The second-order valence-corrected chi connectivity index (χ2v) is 8.02. The van der Waals surface area contributed by atoms with Crippen molar-refractivity contribution in [2.75, 3.05) is 26.3 Å². The van der Waals surface area contributed by atoms with Crippen LogP contribution in [0, 0.1) is 5.92 Å². The molecule has 0 aromatic heterocycles. The van der Waals surface area contributed by atoms with E-state index in [2.05, 4.69) is 10.2 Å². The van der Waals surface area contributed by atoms with Gasteiger partial charge in [-0.1, -0.05) is 32.1 Å². The van der Waals surface area contributed by atoms with Crippen molar-refractivity contribution in [2.45, 2.75) is 81.8 Å². The van der Waals surface area contributed by atoms with E-state index >= 15 is 0 Å². The summed E-state index contributed by atoms with van der Waals surface area (Å²) in [5, 5.41) is 4.01. The van der Waals surface area contributed by atoms with Crippen LogP contribution in [0.1, 0.15) is 64.2 Å². The standard InChI is InChI=1S/C18H32N2O/c1-2-6-15(7-3-1)17-12-19-18(9-4-5-10-18)14-20(17)16-8-11-21-13-16/h15-17,19H,1-14H2. The van der Waals surface area contributed by atoms with Crippen molar-refractivity contribution >= 4 is 0 Å². The van der Waals surface area contributed by atoms with Gasteiger partial charge in [-0.3, -0.25) is 4.90 Å². The summed E-state index contributed by atoms with van der Waals surface area (Å²) in [5.74, 6) is 0.936. The van der Waals surface area contributed by atoms with Gasteiger partial charge in [-0.15, -0.1) is 0 Å². The van der Waals surface area contributed by atoms with Crippen LogP contribution >= 0.6 is 0 Å². The second-order valence-electron chi connectivity index (χ2n) is 8.02. The molecule has 0 bridgehead atoms. The first-order valence-corrected chi connectivity index (χ1v) is 9.45. The van der Waals surface area contributed by atoms with Crippen LogP contribution in [0.2, 0.25) is 0 Å². The lowest BCUT2D eigenvalue weighted by molar-refractivity contribution is 0.00300. The van der Waals surface area contributed by atoms with E-state index < -0.39 is 0 Å². The van der Waals surface area contributed by atoms with Gasteiger partial charge in [0.05, 0.1) is 6.61 Å². The van der Waals surface area contributed by atoms with Gasteiger partial charge in [-0.25, -0.2) is 0 Å². The van der Waals surface area contributed by atoms with Gasteiger partial charge >= 0.3 is 0 Å². The Morgan fingerprint density at radius 3 is 2.48 bits per heavy atom. The molecule has 3 nitrogen and oxygen atoms in total. The molecule has 2 saturated carbocycles. The number of nitrogens with one attached hydrogen (secondary N) is 1. The highest BCUT2D eigenvalue weighted by atomic mass is 16.5. The molecule has 0 aromatic carbocycles. The first-order chi connectivity index (χ1) is 10.4. The first-order valence-electron chi connectivity index (χ1n) is 9.45. The molecule has 4 rings (SSSR count). The maximum Gasteiger partial charge on any atom is 0.0622 e. The molecule has 1 spiro atoms. The smallest absolute Gasteiger partial charge is 0.0622 e. The van der Waals surface area contributed by atoms with E-state index in [1.165, 1.54) is 77.3 Å². The molecule has 2 heterocycles.